The second-order valence-electron chi connectivity index (χ2n) is 8.93. The van der Waals surface area contributed by atoms with Gasteiger partial charge >= 0.3 is 0 Å². The van der Waals surface area contributed by atoms with Crippen molar-refractivity contribution < 1.29 is 32.2 Å². The Bertz CT molecular complexity index is 1340. The largest absolute Gasteiger partial charge is 0.618 e. The third-order valence-electron chi connectivity index (χ3n) is 6.33. The predicted molar refractivity (Wildman–Crippen MR) is 128 cm³/mol. The summed E-state index contributed by atoms with van der Waals surface area (Å²) in [4.78, 5) is 13.2. The maximum Gasteiger partial charge on any atom is 0.264 e. The van der Waals surface area contributed by atoms with Gasteiger partial charge in [-0.2, -0.15) is 4.73 Å². The van der Waals surface area contributed by atoms with Crippen LogP contribution in [0.5, 0.6) is 0 Å². The lowest BCUT2D eigenvalue weighted by atomic mass is 9.89. The molecule has 3 aromatic rings. The lowest BCUT2D eigenvalue weighted by molar-refractivity contribution is -0.614. The number of aromatic nitrogens is 1. The topological polar surface area (TPSA) is 64.2 Å². The van der Waals surface area contributed by atoms with Gasteiger partial charge in [0.05, 0.1) is 16.1 Å². The van der Waals surface area contributed by atoms with Gasteiger partial charge in [-0.3, -0.25) is 4.79 Å². The van der Waals surface area contributed by atoms with E-state index in [1.165, 1.54) is 24.3 Å². The zero-order chi connectivity index (χ0) is 26.1. The second kappa shape index (κ2) is 10.3. The van der Waals surface area contributed by atoms with Crippen molar-refractivity contribution in [2.75, 3.05) is 0 Å². The lowest BCUT2D eigenvalue weighted by Gasteiger charge is -2.17. The van der Waals surface area contributed by atoms with Crippen molar-refractivity contribution in [3.63, 3.8) is 0 Å². The number of carbonyl (C=O) groups is 1. The molecule has 0 bridgehead atoms. The number of pyridine rings is 1. The van der Waals surface area contributed by atoms with Crippen LogP contribution < -0.4 is 4.73 Å². The van der Waals surface area contributed by atoms with Crippen molar-refractivity contribution in [2.45, 2.75) is 38.0 Å². The van der Waals surface area contributed by atoms with E-state index in [9.17, 15) is 32.7 Å². The molecule has 2 aromatic carbocycles. The standard InChI is InChI=1S/C27H22ClF4NO3/c1-14(34)18-6-4-16(11-22(18)29)12-24(35)20(10-15-2-3-15)23-9-5-17(13-33(23)36)25-19(27(31)32)7-8-21(28)26(25)30/h4-9,11,13,15,20,27,34H,1-3,10,12H2. The van der Waals surface area contributed by atoms with Crippen molar-refractivity contribution in [3.8, 4) is 11.1 Å². The molecule has 1 atom stereocenters. The van der Waals surface area contributed by atoms with Gasteiger partial charge in [-0.15, -0.1) is 0 Å². The molecule has 0 spiro atoms. The van der Waals surface area contributed by atoms with Gasteiger partial charge in [0.15, 0.2) is 12.0 Å². The molecule has 9 heteroatoms. The van der Waals surface area contributed by atoms with E-state index in [0.29, 0.717) is 16.7 Å². The van der Waals surface area contributed by atoms with E-state index in [4.69, 9.17) is 11.6 Å². The number of rotatable bonds is 9. The summed E-state index contributed by atoms with van der Waals surface area (Å²) in [5, 5.41) is 22.1. The zero-order valence-electron chi connectivity index (χ0n) is 19.0. The summed E-state index contributed by atoms with van der Waals surface area (Å²) >= 11 is 5.79. The Labute approximate surface area is 210 Å². The average Bonchev–Trinajstić information content (AvgIpc) is 3.63. The Kier molecular flexibility index (Phi) is 7.36. The molecule has 0 saturated heterocycles. The van der Waals surface area contributed by atoms with E-state index in [-0.39, 0.29) is 40.0 Å². The Morgan fingerprint density at radius 1 is 1.17 bits per heavy atom. The van der Waals surface area contributed by atoms with Crippen LogP contribution in [0.15, 0.2) is 55.2 Å². The minimum atomic E-state index is -2.99. The van der Waals surface area contributed by atoms with Crippen LogP contribution in [-0.4, -0.2) is 10.9 Å². The van der Waals surface area contributed by atoms with Gasteiger partial charge in [0.1, 0.15) is 23.3 Å². The summed E-state index contributed by atoms with van der Waals surface area (Å²) in [5.74, 6) is -3.12. The number of Topliss-reactive ketones (excluding diaryl/α,β-unsaturated/α-hetero) is 1. The fraction of sp³-hybridized carbons (Fsp3) is 0.259. The number of aliphatic hydroxyl groups is 1. The number of ketones is 1. The Balaban J connectivity index is 1.67. The minimum absolute atomic E-state index is 0.0786. The first-order chi connectivity index (χ1) is 17.1. The van der Waals surface area contributed by atoms with Crippen LogP contribution >= 0.6 is 11.6 Å². The van der Waals surface area contributed by atoms with E-state index in [1.54, 1.807) is 0 Å². The van der Waals surface area contributed by atoms with Crippen LogP contribution in [0.1, 0.15) is 54.0 Å². The van der Waals surface area contributed by atoms with Crippen LogP contribution in [0.2, 0.25) is 5.02 Å². The number of carbonyl (C=O) groups excluding carboxylic acids is 1. The van der Waals surface area contributed by atoms with E-state index < -0.39 is 40.9 Å². The minimum Gasteiger partial charge on any atom is -0.618 e. The molecule has 1 heterocycles. The van der Waals surface area contributed by atoms with Crippen molar-refractivity contribution in [1.29, 1.82) is 0 Å². The van der Waals surface area contributed by atoms with Gasteiger partial charge in [0.25, 0.3) is 6.43 Å². The number of benzene rings is 2. The van der Waals surface area contributed by atoms with E-state index in [1.807, 2.05) is 0 Å². The Hall–Kier alpha value is -3.39. The van der Waals surface area contributed by atoms with Crippen LogP contribution in [0.4, 0.5) is 17.6 Å². The predicted octanol–water partition coefficient (Wildman–Crippen LogP) is 7.08. The summed E-state index contributed by atoms with van der Waals surface area (Å²) in [6.07, 6.45) is 0.0345. The molecule has 4 rings (SSSR count). The van der Waals surface area contributed by atoms with E-state index in [2.05, 4.69) is 6.58 Å². The van der Waals surface area contributed by atoms with Gasteiger partial charge in [0, 0.05) is 23.6 Å². The van der Waals surface area contributed by atoms with Gasteiger partial charge in [-0.1, -0.05) is 43.2 Å². The van der Waals surface area contributed by atoms with Crippen molar-refractivity contribution in [2.24, 2.45) is 5.92 Å². The fourth-order valence-electron chi connectivity index (χ4n) is 4.28. The van der Waals surface area contributed by atoms with Crippen LogP contribution in [0, 0.1) is 22.8 Å². The SMILES string of the molecule is C=C(O)c1ccc(CC(=O)C(CC2CC2)c2ccc(-c3c(C(F)F)ccc(Cl)c3F)c[n+]2[O-])cc1F. The first kappa shape index (κ1) is 25.7. The van der Waals surface area contributed by atoms with Gasteiger partial charge in [-0.05, 0) is 42.2 Å². The number of halogens is 5. The second-order valence-corrected chi connectivity index (χ2v) is 9.34. The molecule has 1 aliphatic carbocycles. The molecule has 1 aliphatic rings. The third kappa shape index (κ3) is 5.38. The molecule has 1 fully saturated rings. The summed E-state index contributed by atoms with van der Waals surface area (Å²) in [5.41, 5.74) is -0.794. The highest BCUT2D eigenvalue weighted by Crippen LogP contribution is 2.40. The van der Waals surface area contributed by atoms with Gasteiger partial charge in [-0.25, -0.2) is 17.6 Å². The monoisotopic (exact) mass is 519 g/mol. The molecule has 1 aromatic heterocycles. The summed E-state index contributed by atoms with van der Waals surface area (Å²) in [6.45, 7) is 3.29. The van der Waals surface area contributed by atoms with Crippen molar-refractivity contribution >= 4 is 23.1 Å². The van der Waals surface area contributed by atoms with E-state index >= 15 is 0 Å². The summed E-state index contributed by atoms with van der Waals surface area (Å²) in [6, 6.07) is 8.63. The lowest BCUT2D eigenvalue weighted by Crippen LogP contribution is -2.36. The molecular weight excluding hydrogens is 498 g/mol. The highest BCUT2D eigenvalue weighted by atomic mass is 35.5. The molecule has 1 unspecified atom stereocenters. The normalized spacial score (nSPS) is 14.2. The average molecular weight is 520 g/mol. The summed E-state index contributed by atoms with van der Waals surface area (Å²) < 4.78 is 56.3. The molecule has 0 amide bonds. The maximum absolute atomic E-state index is 14.7. The third-order valence-corrected chi connectivity index (χ3v) is 6.62. The molecule has 0 aliphatic heterocycles. The molecule has 0 radical (unpaired) electrons. The van der Waals surface area contributed by atoms with Gasteiger partial charge in [0.2, 0.25) is 5.69 Å². The number of nitrogens with zero attached hydrogens (tertiary/aromatic N) is 1. The highest BCUT2D eigenvalue weighted by Gasteiger charge is 2.35. The molecule has 1 saturated carbocycles. The molecule has 4 nitrogen and oxygen atoms in total. The van der Waals surface area contributed by atoms with E-state index in [0.717, 1.165) is 37.2 Å². The van der Waals surface area contributed by atoms with Crippen molar-refractivity contribution in [3.05, 3.63) is 99.5 Å². The fourth-order valence-corrected chi connectivity index (χ4v) is 4.44. The van der Waals surface area contributed by atoms with Gasteiger partial charge < -0.3 is 10.3 Å². The molecular formula is C27H22ClF4NO3. The molecule has 188 valence electrons. The summed E-state index contributed by atoms with van der Waals surface area (Å²) in [7, 11) is 0. The number of hydrogen-bond donors (Lipinski definition) is 1. The first-order valence-electron chi connectivity index (χ1n) is 11.3. The van der Waals surface area contributed by atoms with Crippen LogP contribution in [0.25, 0.3) is 16.9 Å². The molecule has 1 N–H and O–H groups in total. The van der Waals surface area contributed by atoms with Crippen LogP contribution in [-0.2, 0) is 11.2 Å². The molecule has 36 heavy (non-hydrogen) atoms. The maximum atomic E-state index is 14.7. The van der Waals surface area contributed by atoms with Crippen LogP contribution in [0.3, 0.4) is 0 Å². The number of hydrogen-bond acceptors (Lipinski definition) is 3. The number of aliphatic hydroxyl groups excluding tert-OH is 1. The zero-order valence-corrected chi connectivity index (χ0v) is 19.7. The quantitative estimate of drug-likeness (QED) is 0.142. The highest BCUT2D eigenvalue weighted by molar-refractivity contribution is 6.31. The van der Waals surface area contributed by atoms with Crippen molar-refractivity contribution in [1.82, 2.24) is 0 Å². The Morgan fingerprint density at radius 2 is 1.89 bits per heavy atom. The Morgan fingerprint density at radius 3 is 2.47 bits per heavy atom. The smallest absolute Gasteiger partial charge is 0.264 e. The number of alkyl halides is 2. The first-order valence-corrected chi connectivity index (χ1v) is 11.6.